The monoisotopic (exact) mass is 399 g/mol. The van der Waals surface area contributed by atoms with Crippen LogP contribution in [0.4, 0.5) is 0 Å². The SMILES string of the molecule is NC1C(=O)N2C(C(=O)O)=C(CSc3n[nH]nc3CCCC(=O)O)CS[C@H]12. The first-order valence-electron chi connectivity index (χ1n) is 7.80. The molecule has 0 aliphatic carbocycles. The van der Waals surface area contributed by atoms with Gasteiger partial charge >= 0.3 is 11.9 Å². The fraction of sp³-hybridized carbons (Fsp3) is 0.500. The Morgan fingerprint density at radius 1 is 1.38 bits per heavy atom. The molecule has 0 radical (unpaired) electrons. The Morgan fingerprint density at radius 3 is 2.85 bits per heavy atom. The van der Waals surface area contributed by atoms with Crippen LogP contribution in [-0.4, -0.2) is 71.3 Å². The molecule has 12 heteroatoms. The average molecular weight is 399 g/mol. The smallest absolute Gasteiger partial charge is 0.352 e. The summed E-state index contributed by atoms with van der Waals surface area (Å²) in [6.07, 6.45) is 0.948. The zero-order valence-electron chi connectivity index (χ0n) is 13.5. The number of fused-ring (bicyclic) bond motifs is 1. The van der Waals surface area contributed by atoms with Crippen molar-refractivity contribution in [3.05, 3.63) is 17.0 Å². The maximum Gasteiger partial charge on any atom is 0.352 e. The third-order valence-electron chi connectivity index (χ3n) is 4.06. The van der Waals surface area contributed by atoms with E-state index in [0.29, 0.717) is 40.6 Å². The van der Waals surface area contributed by atoms with Crippen LogP contribution in [0.1, 0.15) is 18.5 Å². The topological polar surface area (TPSA) is 162 Å². The Hall–Kier alpha value is -2.05. The van der Waals surface area contributed by atoms with Crippen molar-refractivity contribution >= 4 is 41.4 Å². The number of carbonyl (C=O) groups excluding carboxylic acids is 1. The van der Waals surface area contributed by atoms with Gasteiger partial charge in [-0.05, 0) is 18.4 Å². The fourth-order valence-electron chi connectivity index (χ4n) is 2.78. The highest BCUT2D eigenvalue weighted by molar-refractivity contribution is 8.01. The number of rotatable bonds is 8. The van der Waals surface area contributed by atoms with Crippen molar-refractivity contribution in [2.24, 2.45) is 5.73 Å². The van der Waals surface area contributed by atoms with Crippen molar-refractivity contribution < 1.29 is 24.6 Å². The van der Waals surface area contributed by atoms with Crippen molar-refractivity contribution in [3.63, 3.8) is 0 Å². The molecule has 0 saturated carbocycles. The molecule has 26 heavy (non-hydrogen) atoms. The number of nitrogens with one attached hydrogen (secondary N) is 1. The van der Waals surface area contributed by atoms with Crippen LogP contribution in [0, 0.1) is 0 Å². The number of nitrogens with two attached hydrogens (primary N) is 1. The van der Waals surface area contributed by atoms with E-state index in [2.05, 4.69) is 15.4 Å². The van der Waals surface area contributed by atoms with Crippen molar-refractivity contribution in [1.29, 1.82) is 0 Å². The van der Waals surface area contributed by atoms with Crippen LogP contribution >= 0.6 is 23.5 Å². The van der Waals surface area contributed by atoms with Gasteiger partial charge in [0.1, 0.15) is 22.1 Å². The summed E-state index contributed by atoms with van der Waals surface area (Å²) in [6.45, 7) is 0. The van der Waals surface area contributed by atoms with E-state index in [-0.39, 0.29) is 23.4 Å². The first-order valence-corrected chi connectivity index (χ1v) is 9.83. The summed E-state index contributed by atoms with van der Waals surface area (Å²) < 4.78 is 0. The van der Waals surface area contributed by atoms with Gasteiger partial charge in [0, 0.05) is 17.9 Å². The van der Waals surface area contributed by atoms with E-state index in [1.54, 1.807) is 0 Å². The molecule has 1 amide bonds. The molecule has 10 nitrogen and oxygen atoms in total. The van der Waals surface area contributed by atoms with Crippen LogP contribution in [0.2, 0.25) is 0 Å². The van der Waals surface area contributed by atoms with E-state index in [1.165, 1.54) is 28.4 Å². The summed E-state index contributed by atoms with van der Waals surface area (Å²) in [6, 6.07) is -0.653. The van der Waals surface area contributed by atoms with E-state index < -0.39 is 18.0 Å². The number of hydrogen-bond donors (Lipinski definition) is 4. The second kappa shape index (κ2) is 7.68. The van der Waals surface area contributed by atoms with Gasteiger partial charge in [0.15, 0.2) is 0 Å². The van der Waals surface area contributed by atoms with Crippen LogP contribution in [0.5, 0.6) is 0 Å². The lowest BCUT2D eigenvalue weighted by atomic mass is 10.0. The standard InChI is InChI=1S/C14H17N5O5S2/c15-9-12(22)19-10(14(23)24)6(5-26-13(9)19)4-25-11-7(16-18-17-11)2-1-3-8(20)21/h9,13H,1-5,15H2,(H,20,21)(H,23,24)(H,16,17,18)/t9?,13-/m1/s1. The van der Waals surface area contributed by atoms with Gasteiger partial charge in [0.05, 0.1) is 5.69 Å². The molecule has 2 aliphatic heterocycles. The summed E-state index contributed by atoms with van der Waals surface area (Å²) in [5, 5.41) is 29.1. The lowest BCUT2D eigenvalue weighted by Crippen LogP contribution is -2.68. The molecule has 5 N–H and O–H groups in total. The van der Waals surface area contributed by atoms with E-state index >= 15 is 0 Å². The maximum atomic E-state index is 11.9. The van der Waals surface area contributed by atoms with Crippen LogP contribution in [-0.2, 0) is 20.8 Å². The molecule has 140 valence electrons. The van der Waals surface area contributed by atoms with Crippen LogP contribution < -0.4 is 5.73 Å². The largest absolute Gasteiger partial charge is 0.481 e. The number of thioether (sulfide) groups is 2. The summed E-state index contributed by atoms with van der Waals surface area (Å²) in [5.74, 6) is -1.57. The van der Waals surface area contributed by atoms with Crippen LogP contribution in [0.3, 0.4) is 0 Å². The average Bonchev–Trinajstić information content (AvgIpc) is 3.05. The van der Waals surface area contributed by atoms with Crippen molar-refractivity contribution in [2.75, 3.05) is 11.5 Å². The Labute approximate surface area is 156 Å². The second-order valence-corrected chi connectivity index (χ2v) is 7.87. The lowest BCUT2D eigenvalue weighted by Gasteiger charge is -2.48. The van der Waals surface area contributed by atoms with Gasteiger partial charge in [0.25, 0.3) is 0 Å². The van der Waals surface area contributed by atoms with Gasteiger partial charge in [-0.25, -0.2) is 4.79 Å². The summed E-state index contributed by atoms with van der Waals surface area (Å²) >= 11 is 2.76. The first-order chi connectivity index (χ1) is 12.4. The minimum atomic E-state index is -1.15. The minimum Gasteiger partial charge on any atom is -0.481 e. The molecular weight excluding hydrogens is 382 g/mol. The molecule has 0 aromatic carbocycles. The Balaban J connectivity index is 1.69. The summed E-state index contributed by atoms with van der Waals surface area (Å²) in [4.78, 5) is 35.4. The first kappa shape index (κ1) is 18.7. The number of aromatic nitrogens is 3. The van der Waals surface area contributed by atoms with Crippen molar-refractivity contribution in [2.45, 2.75) is 35.7 Å². The summed E-state index contributed by atoms with van der Waals surface area (Å²) in [5.41, 5.74) is 7.01. The highest BCUT2D eigenvalue weighted by atomic mass is 32.2. The number of nitrogens with zero attached hydrogens (tertiary/aromatic N) is 3. The zero-order valence-corrected chi connectivity index (χ0v) is 15.2. The molecule has 3 heterocycles. The Morgan fingerprint density at radius 2 is 2.15 bits per heavy atom. The van der Waals surface area contributed by atoms with E-state index in [4.69, 9.17) is 10.8 Å². The number of hydrogen-bond acceptors (Lipinski definition) is 8. The third-order valence-corrected chi connectivity index (χ3v) is 6.52. The van der Waals surface area contributed by atoms with Gasteiger partial charge < -0.3 is 15.9 Å². The van der Waals surface area contributed by atoms with Crippen molar-refractivity contribution in [3.8, 4) is 0 Å². The molecule has 3 rings (SSSR count). The number of carboxylic acid groups (broad SMARTS) is 2. The second-order valence-electron chi connectivity index (χ2n) is 5.80. The summed E-state index contributed by atoms with van der Waals surface area (Å²) in [7, 11) is 0. The third kappa shape index (κ3) is 3.57. The van der Waals surface area contributed by atoms with Gasteiger partial charge in [-0.1, -0.05) is 11.8 Å². The fourth-order valence-corrected chi connectivity index (χ4v) is 5.17. The number of amides is 1. The quantitative estimate of drug-likeness (QED) is 0.342. The molecule has 1 unspecified atom stereocenters. The normalized spacial score (nSPS) is 22.2. The number of carboxylic acids is 2. The molecule has 1 aromatic rings. The number of aromatic amines is 1. The molecule has 2 aliphatic rings. The van der Waals surface area contributed by atoms with Gasteiger partial charge in [-0.15, -0.1) is 16.9 Å². The zero-order chi connectivity index (χ0) is 18.8. The lowest BCUT2D eigenvalue weighted by molar-refractivity contribution is -0.147. The van der Waals surface area contributed by atoms with Gasteiger partial charge in [-0.3, -0.25) is 14.5 Å². The Kier molecular flexibility index (Phi) is 5.53. The number of H-pyrrole nitrogens is 1. The highest BCUT2D eigenvalue weighted by Gasteiger charge is 2.51. The molecule has 0 bridgehead atoms. The molecule has 1 aromatic heterocycles. The predicted octanol–water partition coefficient (Wildman–Crippen LogP) is -0.115. The number of β-lactam (4-membered cyclic amide) rings is 1. The van der Waals surface area contributed by atoms with E-state index in [0.717, 1.165) is 0 Å². The van der Waals surface area contributed by atoms with Crippen LogP contribution in [0.25, 0.3) is 0 Å². The van der Waals surface area contributed by atoms with Gasteiger partial charge in [-0.2, -0.15) is 10.3 Å². The van der Waals surface area contributed by atoms with Crippen molar-refractivity contribution in [1.82, 2.24) is 20.3 Å². The molecular formula is C14H17N5O5S2. The van der Waals surface area contributed by atoms with Gasteiger partial charge in [0.2, 0.25) is 5.91 Å². The van der Waals surface area contributed by atoms with E-state index in [1.807, 2.05) is 0 Å². The molecule has 0 spiro atoms. The predicted molar refractivity (Wildman–Crippen MR) is 93.4 cm³/mol. The van der Waals surface area contributed by atoms with E-state index in [9.17, 15) is 19.5 Å². The molecule has 1 saturated heterocycles. The number of carbonyl (C=O) groups is 3. The Bertz CT molecular complexity index is 780. The molecule has 2 atom stereocenters. The maximum absolute atomic E-state index is 11.9. The minimum absolute atomic E-state index is 0.00359. The molecule has 1 fully saturated rings. The number of aryl methyl sites for hydroxylation is 1. The van der Waals surface area contributed by atoms with Crippen LogP contribution in [0.15, 0.2) is 16.3 Å². The number of aliphatic carboxylic acids is 2. The highest BCUT2D eigenvalue weighted by Crippen LogP contribution is 2.40.